The van der Waals surface area contributed by atoms with Gasteiger partial charge in [-0.25, -0.2) is 8.42 Å². The normalized spacial score (nSPS) is 23.7. The summed E-state index contributed by atoms with van der Waals surface area (Å²) in [6.45, 7) is 2.15. The molecule has 22 heavy (non-hydrogen) atoms. The molecule has 0 N–H and O–H groups in total. The van der Waals surface area contributed by atoms with E-state index >= 15 is 0 Å². The molecule has 0 bridgehead atoms. The van der Waals surface area contributed by atoms with Crippen molar-refractivity contribution in [1.82, 2.24) is 9.80 Å². The van der Waals surface area contributed by atoms with Crippen LogP contribution in [0.5, 0.6) is 0 Å². The van der Waals surface area contributed by atoms with Crippen LogP contribution in [0.25, 0.3) is 0 Å². The fourth-order valence-electron chi connectivity index (χ4n) is 3.20. The van der Waals surface area contributed by atoms with E-state index in [1.54, 1.807) is 11.3 Å². The molecule has 1 amide bonds. The highest BCUT2D eigenvalue weighted by atomic mass is 32.2. The predicted octanol–water partition coefficient (Wildman–Crippen LogP) is 1.14. The first-order valence-electron chi connectivity index (χ1n) is 7.68. The molecule has 0 unspecified atom stereocenters. The van der Waals surface area contributed by atoms with Crippen molar-refractivity contribution in [3.63, 3.8) is 0 Å². The molecular weight excluding hydrogens is 320 g/mol. The number of nitrogens with zero attached hydrogens (tertiary/aromatic N) is 2. The molecular formula is C15H22N2O3S2. The van der Waals surface area contributed by atoms with Gasteiger partial charge in [0.1, 0.15) is 0 Å². The van der Waals surface area contributed by atoms with E-state index < -0.39 is 9.84 Å². The van der Waals surface area contributed by atoms with Gasteiger partial charge in [0.15, 0.2) is 9.84 Å². The number of amides is 1. The number of fused-ring (bicyclic) bond motifs is 1. The first kappa shape index (κ1) is 16.0. The van der Waals surface area contributed by atoms with Gasteiger partial charge in [-0.1, -0.05) is 0 Å². The zero-order valence-electron chi connectivity index (χ0n) is 12.8. The van der Waals surface area contributed by atoms with Gasteiger partial charge in [0, 0.05) is 37.0 Å². The van der Waals surface area contributed by atoms with Crippen molar-refractivity contribution < 1.29 is 13.2 Å². The maximum Gasteiger partial charge on any atom is 0.224 e. The predicted molar refractivity (Wildman–Crippen MR) is 87.7 cm³/mol. The number of carbonyl (C=O) groups is 1. The average molecular weight is 342 g/mol. The summed E-state index contributed by atoms with van der Waals surface area (Å²) in [6, 6.07) is 2.18. The SMILES string of the molecule is CN(CCC(=O)N1CCc2sccc2C1)[C@@H]1CCS(=O)(=O)C1. The van der Waals surface area contributed by atoms with E-state index in [1.807, 2.05) is 16.8 Å². The summed E-state index contributed by atoms with van der Waals surface area (Å²) >= 11 is 1.77. The van der Waals surface area contributed by atoms with Gasteiger partial charge in [0.05, 0.1) is 11.5 Å². The van der Waals surface area contributed by atoms with Crippen molar-refractivity contribution in [3.05, 3.63) is 21.9 Å². The molecule has 1 atom stereocenters. The maximum absolute atomic E-state index is 12.4. The molecule has 1 fully saturated rings. The smallest absolute Gasteiger partial charge is 0.224 e. The Bertz CT molecular complexity index is 653. The number of thiophene rings is 1. The summed E-state index contributed by atoms with van der Waals surface area (Å²) in [7, 11) is -0.940. The van der Waals surface area contributed by atoms with Crippen LogP contribution in [0.4, 0.5) is 0 Å². The van der Waals surface area contributed by atoms with Gasteiger partial charge in [-0.05, 0) is 36.9 Å². The number of carbonyl (C=O) groups excluding carboxylic acids is 1. The molecule has 3 rings (SSSR count). The first-order valence-corrected chi connectivity index (χ1v) is 10.4. The monoisotopic (exact) mass is 342 g/mol. The van der Waals surface area contributed by atoms with E-state index in [9.17, 15) is 13.2 Å². The van der Waals surface area contributed by atoms with Crippen LogP contribution in [0, 0.1) is 0 Å². The largest absolute Gasteiger partial charge is 0.338 e. The lowest BCUT2D eigenvalue weighted by Gasteiger charge is -2.29. The zero-order chi connectivity index (χ0) is 15.7. The molecule has 0 saturated carbocycles. The fourth-order valence-corrected chi connectivity index (χ4v) is 5.89. The summed E-state index contributed by atoms with van der Waals surface area (Å²) in [5, 5.41) is 2.09. The molecule has 0 radical (unpaired) electrons. The van der Waals surface area contributed by atoms with Gasteiger partial charge < -0.3 is 9.80 Å². The van der Waals surface area contributed by atoms with Crippen LogP contribution in [0.3, 0.4) is 0 Å². The van der Waals surface area contributed by atoms with Crippen molar-refractivity contribution in [1.29, 1.82) is 0 Å². The Hall–Kier alpha value is -0.920. The zero-order valence-corrected chi connectivity index (χ0v) is 14.5. The summed E-state index contributed by atoms with van der Waals surface area (Å²) in [6.07, 6.45) is 2.11. The fraction of sp³-hybridized carbons (Fsp3) is 0.667. The van der Waals surface area contributed by atoms with E-state index in [0.717, 1.165) is 19.5 Å². The highest BCUT2D eigenvalue weighted by molar-refractivity contribution is 7.91. The quantitative estimate of drug-likeness (QED) is 0.823. The summed E-state index contributed by atoms with van der Waals surface area (Å²) in [5.41, 5.74) is 1.28. The maximum atomic E-state index is 12.4. The Balaban J connectivity index is 1.49. The number of rotatable bonds is 4. The first-order chi connectivity index (χ1) is 10.4. The lowest BCUT2D eigenvalue weighted by Crippen LogP contribution is -2.39. The van der Waals surface area contributed by atoms with Gasteiger partial charge >= 0.3 is 0 Å². The Morgan fingerprint density at radius 2 is 2.32 bits per heavy atom. The second-order valence-electron chi connectivity index (χ2n) is 6.22. The third-order valence-electron chi connectivity index (χ3n) is 4.67. The van der Waals surface area contributed by atoms with Gasteiger partial charge in [-0.15, -0.1) is 11.3 Å². The van der Waals surface area contributed by atoms with Crippen LogP contribution >= 0.6 is 11.3 Å². The minimum atomic E-state index is -2.86. The summed E-state index contributed by atoms with van der Waals surface area (Å²) in [5.74, 6) is 0.687. The van der Waals surface area contributed by atoms with Crippen LogP contribution < -0.4 is 0 Å². The van der Waals surface area contributed by atoms with Gasteiger partial charge in [0.2, 0.25) is 5.91 Å². The molecule has 5 nitrogen and oxygen atoms in total. The lowest BCUT2D eigenvalue weighted by molar-refractivity contribution is -0.132. The highest BCUT2D eigenvalue weighted by Gasteiger charge is 2.31. The van der Waals surface area contributed by atoms with Gasteiger partial charge in [-0.3, -0.25) is 4.79 Å². The molecule has 0 aliphatic carbocycles. The Kier molecular flexibility index (Phi) is 4.56. The van der Waals surface area contributed by atoms with E-state index in [1.165, 1.54) is 10.4 Å². The van der Waals surface area contributed by atoms with Crippen molar-refractivity contribution in [2.24, 2.45) is 0 Å². The molecule has 1 saturated heterocycles. The van der Waals surface area contributed by atoms with Crippen molar-refractivity contribution in [2.75, 3.05) is 31.6 Å². The molecule has 3 heterocycles. The van der Waals surface area contributed by atoms with Gasteiger partial charge in [-0.2, -0.15) is 0 Å². The van der Waals surface area contributed by atoms with Crippen molar-refractivity contribution in [2.45, 2.75) is 31.8 Å². The van der Waals surface area contributed by atoms with E-state index in [-0.39, 0.29) is 23.5 Å². The average Bonchev–Trinajstić information content (AvgIpc) is 3.09. The standard InChI is InChI=1S/C15H22N2O3S2/c1-16(13-5-9-22(19,20)11-13)6-3-15(18)17-7-2-14-12(10-17)4-8-21-14/h4,8,13H,2-3,5-7,9-11H2,1H3/t13-/m1/s1. The van der Waals surface area contributed by atoms with Crippen LogP contribution in [-0.4, -0.2) is 61.8 Å². The summed E-state index contributed by atoms with van der Waals surface area (Å²) in [4.78, 5) is 17.7. The highest BCUT2D eigenvalue weighted by Crippen LogP contribution is 2.24. The van der Waals surface area contributed by atoms with Crippen LogP contribution in [0.15, 0.2) is 11.4 Å². The third kappa shape index (κ3) is 3.52. The van der Waals surface area contributed by atoms with E-state index in [2.05, 4.69) is 11.4 Å². The Labute approximate surface area is 135 Å². The van der Waals surface area contributed by atoms with Crippen LogP contribution in [0.2, 0.25) is 0 Å². The van der Waals surface area contributed by atoms with E-state index in [0.29, 0.717) is 19.4 Å². The number of sulfone groups is 1. The number of hydrogen-bond donors (Lipinski definition) is 0. The Morgan fingerprint density at radius 3 is 3.05 bits per heavy atom. The van der Waals surface area contributed by atoms with Gasteiger partial charge in [0.25, 0.3) is 0 Å². The second-order valence-corrected chi connectivity index (χ2v) is 9.45. The van der Waals surface area contributed by atoms with Crippen LogP contribution in [-0.2, 0) is 27.6 Å². The summed E-state index contributed by atoms with van der Waals surface area (Å²) < 4.78 is 23.0. The molecule has 2 aliphatic rings. The minimum Gasteiger partial charge on any atom is -0.338 e. The van der Waals surface area contributed by atoms with Crippen molar-refractivity contribution in [3.8, 4) is 0 Å². The minimum absolute atomic E-state index is 0.0719. The molecule has 0 aromatic carbocycles. The number of hydrogen-bond acceptors (Lipinski definition) is 5. The molecule has 7 heteroatoms. The topological polar surface area (TPSA) is 57.7 Å². The van der Waals surface area contributed by atoms with Crippen molar-refractivity contribution >= 4 is 27.1 Å². The third-order valence-corrected chi connectivity index (χ3v) is 7.44. The molecule has 1 aromatic heterocycles. The Morgan fingerprint density at radius 1 is 1.50 bits per heavy atom. The van der Waals surface area contributed by atoms with E-state index in [4.69, 9.17) is 0 Å². The molecule has 122 valence electrons. The molecule has 0 spiro atoms. The second kappa shape index (κ2) is 6.29. The molecule has 2 aliphatic heterocycles. The van der Waals surface area contributed by atoms with Crippen LogP contribution in [0.1, 0.15) is 23.3 Å². The molecule has 1 aromatic rings. The lowest BCUT2D eigenvalue weighted by atomic mass is 10.1.